The Hall–Kier alpha value is -7.37. The van der Waals surface area contributed by atoms with E-state index in [1.807, 2.05) is 24.3 Å². The molecule has 300 valence electrons. The highest BCUT2D eigenvalue weighted by molar-refractivity contribution is 6.69. The molecule has 0 bridgehead atoms. The van der Waals surface area contributed by atoms with E-state index >= 15 is 0 Å². The average Bonchev–Trinajstić information content (AvgIpc) is 4.06. The molecular weight excluding hydrogens is 786 g/mol. The van der Waals surface area contributed by atoms with Crippen molar-refractivity contribution in [3.63, 3.8) is 0 Å². The Labute approximate surface area is 383 Å². The maximum Gasteiger partial charge on any atom is 0.143 e. The molecule has 65 heavy (non-hydrogen) atoms. The smallest absolute Gasteiger partial charge is 0.143 e. The Balaban J connectivity index is 0.986. The van der Waals surface area contributed by atoms with Crippen molar-refractivity contribution in [2.45, 2.75) is 0 Å². The monoisotopic (exact) mass is 827 g/mol. The van der Waals surface area contributed by atoms with Gasteiger partial charge in [0.1, 0.15) is 88.4 Å². The molecule has 0 saturated carbocycles. The number of hydrogen-bond donors (Lipinski definition) is 0. The molecule has 4 nitrogen and oxygen atoms in total. The summed E-state index contributed by atoms with van der Waals surface area (Å²) in [6, 6.07) is 56.2. The lowest BCUT2D eigenvalue weighted by atomic mass is 9.64. The molecule has 9 aromatic carbocycles. The van der Waals surface area contributed by atoms with Crippen LogP contribution >= 0.6 is 0 Å². The van der Waals surface area contributed by atoms with Crippen LogP contribution in [0.25, 0.3) is 99.2 Å². The predicted molar refractivity (Wildman–Crippen MR) is 297 cm³/mol. The van der Waals surface area contributed by atoms with Crippen LogP contribution in [0.15, 0.2) is 171 Å². The topological polar surface area (TPSA) is 42.7 Å². The Morgan fingerprint density at radius 2 is 0.692 bits per heavy atom. The molecule has 0 fully saturated rings. The maximum absolute atomic E-state index is 6.76. The van der Waals surface area contributed by atoms with Crippen LogP contribution in [0.2, 0.25) is 0 Å². The van der Waals surface area contributed by atoms with Gasteiger partial charge in [-0.25, -0.2) is 0 Å². The fraction of sp³-hybridized carbons (Fsp3) is 0. The van der Waals surface area contributed by atoms with Gasteiger partial charge >= 0.3 is 0 Å². The van der Waals surface area contributed by atoms with Crippen LogP contribution in [0, 0.1) is 0 Å². The maximum atomic E-state index is 6.76. The molecule has 0 N–H and O–H groups in total. The van der Waals surface area contributed by atoms with Crippen molar-refractivity contribution in [1.82, 2.24) is 0 Å². The summed E-state index contributed by atoms with van der Waals surface area (Å²) in [6.07, 6.45) is 0. The molecule has 0 saturated heterocycles. The molecule has 0 amide bonds. The van der Waals surface area contributed by atoms with Gasteiger partial charge in [-0.1, -0.05) is 130 Å². The van der Waals surface area contributed by atoms with Crippen molar-refractivity contribution < 1.29 is 13.3 Å². The number of furan rings is 3. The summed E-state index contributed by atoms with van der Waals surface area (Å²) in [5, 5.41) is 6.99. The van der Waals surface area contributed by atoms with Gasteiger partial charge in [-0.3, -0.25) is 0 Å². The van der Waals surface area contributed by atoms with Gasteiger partial charge in [0, 0.05) is 49.4 Å². The molecule has 11 heteroatoms. The van der Waals surface area contributed by atoms with E-state index in [1.165, 1.54) is 60.1 Å². The zero-order valence-corrected chi connectivity index (χ0v) is 37.7. The number of hydrogen-bond acceptors (Lipinski definition) is 4. The van der Waals surface area contributed by atoms with Gasteiger partial charge in [0.15, 0.2) is 0 Å². The van der Waals surface area contributed by atoms with Gasteiger partial charge in [0.2, 0.25) is 0 Å². The first-order valence-corrected chi connectivity index (χ1v) is 22.5. The molecule has 3 aromatic heterocycles. The number of benzene rings is 9. The Morgan fingerprint density at radius 1 is 0.292 bits per heavy atom. The summed E-state index contributed by atoms with van der Waals surface area (Å²) in [7, 11) is 15.6. The molecule has 0 spiro atoms. The fourth-order valence-electron chi connectivity index (χ4n) is 10.6. The van der Waals surface area contributed by atoms with E-state index in [1.54, 1.807) is 0 Å². The number of anilines is 3. The number of para-hydroxylation sites is 2. The first kappa shape index (κ1) is 39.2. The first-order valence-electron chi connectivity index (χ1n) is 22.5. The number of rotatable bonds is 6. The van der Waals surface area contributed by atoms with Gasteiger partial charge in [-0.05, 0) is 94.0 Å². The van der Waals surface area contributed by atoms with E-state index in [-0.39, 0.29) is 0 Å². The zero-order valence-electron chi connectivity index (χ0n) is 37.7. The second-order valence-corrected chi connectivity index (χ2v) is 17.8. The van der Waals surface area contributed by atoms with Crippen molar-refractivity contribution >= 4 is 176 Å². The second kappa shape index (κ2) is 14.9. The zero-order chi connectivity index (χ0) is 44.2. The van der Waals surface area contributed by atoms with Crippen LogP contribution in [0.4, 0.5) is 17.1 Å². The van der Waals surface area contributed by atoms with Crippen LogP contribution in [0.5, 0.6) is 0 Å². The Bertz CT molecular complexity index is 3750. The first-order chi connectivity index (χ1) is 31.7. The SMILES string of the molecule is Bc1c(B)c(B)c2c(oc3c(B)c(B)c(-c4ccc(N(c5ccc(-c6cccc7oc8ccccc8c67)cc5)c5ccc(-c6cccc7oc8ccccc8c67)cc5)cc4)c(B)c32)c1B. The minimum Gasteiger partial charge on any atom is -0.457 e. The molecule has 3 heterocycles. The third-order valence-electron chi connectivity index (χ3n) is 14.4. The summed E-state index contributed by atoms with van der Waals surface area (Å²) in [5.74, 6) is 0. The minimum absolute atomic E-state index is 0.893. The predicted octanol–water partition coefficient (Wildman–Crippen LogP) is 3.66. The highest BCUT2D eigenvalue weighted by atomic mass is 16.3. The molecule has 0 aliphatic rings. The van der Waals surface area contributed by atoms with Crippen LogP contribution < -0.4 is 43.1 Å². The standard InChI is InChI=1S/C54H40B7NO3/c55-46-41(47(56)51(60)53-44(46)45-48(57)49(58)50(59)52(61)54(45)65-53)29-19-25-32(26-20-29)62(30-21-15-27(16-22-30)33-9-5-13-39-42(33)35-7-1-3-11-37(35)63-39)31-23-17-28(18-24-31)34-10-6-14-40-43(34)36-8-2-4-12-38(36)64-40/h1-26H,55-61H2. The summed E-state index contributed by atoms with van der Waals surface area (Å²) in [5.41, 5.74) is 24.7. The van der Waals surface area contributed by atoms with Crippen molar-refractivity contribution in [3.05, 3.63) is 158 Å². The lowest BCUT2D eigenvalue weighted by Gasteiger charge is -2.26. The molecule has 12 rings (SSSR count). The molecular formula is C54H40B7NO3. The molecule has 0 aliphatic heterocycles. The van der Waals surface area contributed by atoms with E-state index < -0.39 is 0 Å². The Kier molecular flexibility index (Phi) is 8.97. The molecule has 0 aliphatic carbocycles. The average molecular weight is 827 g/mol. The third-order valence-corrected chi connectivity index (χ3v) is 14.4. The van der Waals surface area contributed by atoms with Gasteiger partial charge < -0.3 is 18.2 Å². The molecule has 12 aromatic rings. The van der Waals surface area contributed by atoms with Crippen LogP contribution in [-0.4, -0.2) is 54.9 Å². The Morgan fingerprint density at radius 3 is 1.18 bits per heavy atom. The minimum atomic E-state index is 0.893. The van der Waals surface area contributed by atoms with Gasteiger partial charge in [0.05, 0.1) is 0 Å². The van der Waals surface area contributed by atoms with E-state index in [0.29, 0.717) is 0 Å². The van der Waals surface area contributed by atoms with Gasteiger partial charge in [0.25, 0.3) is 0 Å². The molecule has 0 atom stereocenters. The largest absolute Gasteiger partial charge is 0.457 e. The van der Waals surface area contributed by atoms with E-state index in [9.17, 15) is 0 Å². The van der Waals surface area contributed by atoms with Crippen molar-refractivity contribution in [3.8, 4) is 33.4 Å². The quantitative estimate of drug-likeness (QED) is 0.241. The highest BCUT2D eigenvalue weighted by Gasteiger charge is 2.23. The lowest BCUT2D eigenvalue weighted by Crippen LogP contribution is -2.47. The molecule has 0 radical (unpaired) electrons. The summed E-state index contributed by atoms with van der Waals surface area (Å²) >= 11 is 0. The van der Waals surface area contributed by atoms with Crippen LogP contribution in [0.1, 0.15) is 0 Å². The van der Waals surface area contributed by atoms with Gasteiger partial charge in [-0.2, -0.15) is 0 Å². The van der Waals surface area contributed by atoms with Crippen LogP contribution in [-0.2, 0) is 0 Å². The van der Waals surface area contributed by atoms with Gasteiger partial charge in [-0.15, -0.1) is 5.46 Å². The fourth-order valence-corrected chi connectivity index (χ4v) is 10.6. The second-order valence-electron chi connectivity index (χ2n) is 17.8. The van der Waals surface area contributed by atoms with Crippen molar-refractivity contribution in [1.29, 1.82) is 0 Å². The van der Waals surface area contributed by atoms with Crippen LogP contribution in [0.3, 0.4) is 0 Å². The van der Waals surface area contributed by atoms with E-state index in [0.717, 1.165) is 94.4 Å². The summed E-state index contributed by atoms with van der Waals surface area (Å²) in [4.78, 5) is 2.36. The third kappa shape index (κ3) is 5.94. The van der Waals surface area contributed by atoms with E-state index in [2.05, 4.69) is 193 Å². The lowest BCUT2D eigenvalue weighted by molar-refractivity contribution is 0.668. The highest BCUT2D eigenvalue weighted by Crippen LogP contribution is 2.42. The van der Waals surface area contributed by atoms with Crippen molar-refractivity contribution in [2.75, 3.05) is 4.90 Å². The summed E-state index contributed by atoms with van der Waals surface area (Å²) in [6.45, 7) is 0. The number of nitrogens with zero attached hydrogens (tertiary/aromatic N) is 1. The summed E-state index contributed by atoms with van der Waals surface area (Å²) < 4.78 is 19.3. The molecule has 0 unspecified atom stereocenters. The van der Waals surface area contributed by atoms with Crippen molar-refractivity contribution in [2.24, 2.45) is 0 Å². The number of fused-ring (bicyclic) bond motifs is 9. The normalized spacial score (nSPS) is 11.8. The van der Waals surface area contributed by atoms with E-state index in [4.69, 9.17) is 13.3 Å².